The summed E-state index contributed by atoms with van der Waals surface area (Å²) in [6, 6.07) is 0. The molecule has 2 unspecified atom stereocenters. The molecule has 2 atom stereocenters. The fourth-order valence-corrected chi connectivity index (χ4v) is 1.59. The highest BCUT2D eigenvalue weighted by atomic mass is 32.2. The molecular weight excluding hydrogens is 208 g/mol. The number of ether oxygens (including phenoxy) is 1. The lowest BCUT2D eigenvalue weighted by Gasteiger charge is -2.20. The molecule has 80 valence electrons. The number of sulfonamides is 1. The van der Waals surface area contributed by atoms with Gasteiger partial charge in [0, 0.05) is 13.3 Å². The largest absolute Gasteiger partial charge is 0.358 e. The summed E-state index contributed by atoms with van der Waals surface area (Å²) in [5.41, 5.74) is 0. The van der Waals surface area contributed by atoms with E-state index in [0.717, 1.165) is 0 Å². The summed E-state index contributed by atoms with van der Waals surface area (Å²) >= 11 is 0. The van der Waals surface area contributed by atoms with E-state index >= 15 is 0 Å². The summed E-state index contributed by atoms with van der Waals surface area (Å²) < 4.78 is 28.4. The molecule has 14 heavy (non-hydrogen) atoms. The highest BCUT2D eigenvalue weighted by molar-refractivity contribution is 7.89. The minimum absolute atomic E-state index is 0.757. The van der Waals surface area contributed by atoms with Gasteiger partial charge in [-0.05, 0) is 6.92 Å². The zero-order valence-corrected chi connectivity index (χ0v) is 8.68. The van der Waals surface area contributed by atoms with Gasteiger partial charge in [0.15, 0.2) is 6.23 Å². The molecule has 0 aromatic carbocycles. The molecule has 0 aliphatic heterocycles. The van der Waals surface area contributed by atoms with Gasteiger partial charge in [0.25, 0.3) is 0 Å². The Bertz CT molecular complexity index is 374. The fourth-order valence-electron chi connectivity index (χ4n) is 1.03. The summed E-state index contributed by atoms with van der Waals surface area (Å²) in [6.07, 6.45) is 2.19. The van der Waals surface area contributed by atoms with E-state index in [1.807, 2.05) is 0 Å². The first kappa shape index (κ1) is 11.1. The number of aromatic nitrogens is 3. The third kappa shape index (κ3) is 2.28. The molecule has 2 N–H and O–H groups in total. The molecular formula is C6H12N4O3S. The lowest BCUT2D eigenvalue weighted by molar-refractivity contribution is 0.0321. The number of methoxy groups -OCH3 is 1. The van der Waals surface area contributed by atoms with Gasteiger partial charge in [0.05, 0.1) is 6.20 Å². The van der Waals surface area contributed by atoms with Crippen LogP contribution >= 0.6 is 0 Å². The molecule has 1 aromatic rings. The first-order valence-electron chi connectivity index (χ1n) is 3.87. The van der Waals surface area contributed by atoms with Gasteiger partial charge in [-0.25, -0.2) is 18.2 Å². The van der Waals surface area contributed by atoms with E-state index in [-0.39, 0.29) is 0 Å². The van der Waals surface area contributed by atoms with Crippen LogP contribution in [0.1, 0.15) is 13.2 Å². The predicted octanol–water partition coefficient (Wildman–Crippen LogP) is -0.900. The van der Waals surface area contributed by atoms with Crippen molar-refractivity contribution in [2.45, 2.75) is 18.4 Å². The number of nitrogens with two attached hydrogens (primary N) is 1. The number of hydrogen-bond donors (Lipinski definition) is 1. The van der Waals surface area contributed by atoms with Crippen LogP contribution in [0.15, 0.2) is 12.4 Å². The van der Waals surface area contributed by atoms with Crippen molar-refractivity contribution in [3.63, 3.8) is 0 Å². The van der Waals surface area contributed by atoms with Gasteiger partial charge in [-0.3, -0.25) is 0 Å². The number of hydrogen-bond acceptors (Lipinski definition) is 5. The van der Waals surface area contributed by atoms with Crippen LogP contribution in [0.4, 0.5) is 0 Å². The monoisotopic (exact) mass is 220 g/mol. The van der Waals surface area contributed by atoms with Crippen molar-refractivity contribution in [1.82, 2.24) is 15.0 Å². The average Bonchev–Trinajstić information content (AvgIpc) is 2.57. The van der Waals surface area contributed by atoms with Gasteiger partial charge >= 0.3 is 0 Å². The van der Waals surface area contributed by atoms with Gasteiger partial charge in [0.2, 0.25) is 10.0 Å². The van der Waals surface area contributed by atoms with Crippen LogP contribution in [-0.4, -0.2) is 35.8 Å². The quantitative estimate of drug-likeness (QED) is 0.708. The topological polar surface area (TPSA) is 100 Å². The molecule has 0 fully saturated rings. The molecule has 1 heterocycles. The summed E-state index contributed by atoms with van der Waals surface area (Å²) in [5.74, 6) is 0. The maximum Gasteiger partial charge on any atom is 0.216 e. The second-order valence-electron chi connectivity index (χ2n) is 2.80. The van der Waals surface area contributed by atoms with Gasteiger partial charge in [-0.1, -0.05) is 5.21 Å². The maximum atomic E-state index is 11.1. The van der Waals surface area contributed by atoms with Crippen LogP contribution in [0.2, 0.25) is 0 Å². The van der Waals surface area contributed by atoms with Crippen molar-refractivity contribution in [1.29, 1.82) is 0 Å². The molecule has 0 radical (unpaired) electrons. The number of rotatable bonds is 4. The van der Waals surface area contributed by atoms with Crippen molar-refractivity contribution < 1.29 is 13.2 Å². The van der Waals surface area contributed by atoms with E-state index in [1.54, 1.807) is 0 Å². The predicted molar refractivity (Wildman–Crippen MR) is 48.6 cm³/mol. The molecule has 1 aromatic heterocycles. The van der Waals surface area contributed by atoms with Crippen molar-refractivity contribution in [2.75, 3.05) is 7.11 Å². The average molecular weight is 220 g/mol. The Labute approximate surface area is 81.9 Å². The Kier molecular flexibility index (Phi) is 3.19. The summed E-state index contributed by atoms with van der Waals surface area (Å²) in [7, 11) is -2.27. The van der Waals surface area contributed by atoms with Crippen LogP contribution in [0.25, 0.3) is 0 Å². The van der Waals surface area contributed by atoms with Crippen molar-refractivity contribution >= 4 is 10.0 Å². The van der Waals surface area contributed by atoms with Crippen molar-refractivity contribution in [2.24, 2.45) is 5.14 Å². The third-order valence-electron chi connectivity index (χ3n) is 1.86. The molecule has 0 aliphatic rings. The highest BCUT2D eigenvalue weighted by Crippen LogP contribution is 2.15. The van der Waals surface area contributed by atoms with E-state index < -0.39 is 21.5 Å². The normalized spacial score (nSPS) is 16.5. The van der Waals surface area contributed by atoms with E-state index in [2.05, 4.69) is 10.3 Å². The summed E-state index contributed by atoms with van der Waals surface area (Å²) in [5, 5.41) is 11.3. The second-order valence-corrected chi connectivity index (χ2v) is 4.73. The molecule has 0 spiro atoms. The SMILES string of the molecule is COC(C(C)S(N)(=O)=O)n1ccnn1. The van der Waals surface area contributed by atoms with E-state index in [0.29, 0.717) is 0 Å². The molecule has 7 nitrogen and oxygen atoms in total. The first-order valence-corrected chi connectivity index (χ1v) is 5.48. The minimum atomic E-state index is -3.65. The summed E-state index contributed by atoms with van der Waals surface area (Å²) in [6.45, 7) is 1.45. The van der Waals surface area contributed by atoms with Crippen molar-refractivity contribution in [3.8, 4) is 0 Å². The molecule has 0 amide bonds. The smallest absolute Gasteiger partial charge is 0.216 e. The highest BCUT2D eigenvalue weighted by Gasteiger charge is 2.28. The Morgan fingerprint density at radius 1 is 1.57 bits per heavy atom. The van der Waals surface area contributed by atoms with Gasteiger partial charge in [-0.15, -0.1) is 5.10 Å². The Morgan fingerprint density at radius 2 is 2.21 bits per heavy atom. The molecule has 1 rings (SSSR count). The number of nitrogens with zero attached hydrogens (tertiary/aromatic N) is 3. The maximum absolute atomic E-state index is 11.1. The van der Waals surface area contributed by atoms with Crippen LogP contribution in [0.5, 0.6) is 0 Å². The number of primary sulfonamides is 1. The van der Waals surface area contributed by atoms with E-state index in [1.165, 1.54) is 31.1 Å². The summed E-state index contributed by atoms with van der Waals surface area (Å²) in [4.78, 5) is 0. The Morgan fingerprint density at radius 3 is 2.57 bits per heavy atom. The second kappa shape index (κ2) is 4.03. The zero-order chi connectivity index (χ0) is 10.8. The molecule has 8 heteroatoms. The Balaban J connectivity index is 2.94. The Hall–Kier alpha value is -0.990. The fraction of sp³-hybridized carbons (Fsp3) is 0.667. The van der Waals surface area contributed by atoms with Gasteiger partial charge in [-0.2, -0.15) is 0 Å². The third-order valence-corrected chi connectivity index (χ3v) is 3.13. The standard InChI is InChI=1S/C6H12N4O3S/c1-5(14(7,11)12)6(13-2)10-4-3-8-9-10/h3-6H,1-2H3,(H2,7,11,12). The van der Waals surface area contributed by atoms with Crippen LogP contribution in [0.3, 0.4) is 0 Å². The lowest BCUT2D eigenvalue weighted by Crippen LogP contribution is -2.35. The zero-order valence-electron chi connectivity index (χ0n) is 7.86. The van der Waals surface area contributed by atoms with Crippen LogP contribution < -0.4 is 5.14 Å². The van der Waals surface area contributed by atoms with Gasteiger partial charge < -0.3 is 4.74 Å². The van der Waals surface area contributed by atoms with E-state index in [4.69, 9.17) is 9.88 Å². The molecule has 0 bridgehead atoms. The molecule has 0 aliphatic carbocycles. The van der Waals surface area contributed by atoms with Crippen LogP contribution in [0, 0.1) is 0 Å². The molecule has 0 saturated carbocycles. The van der Waals surface area contributed by atoms with E-state index in [9.17, 15) is 8.42 Å². The van der Waals surface area contributed by atoms with Crippen molar-refractivity contribution in [3.05, 3.63) is 12.4 Å². The first-order chi connectivity index (χ1) is 6.46. The molecule has 0 saturated heterocycles. The lowest BCUT2D eigenvalue weighted by atomic mass is 10.4. The minimum Gasteiger partial charge on any atom is -0.358 e. The van der Waals surface area contributed by atoms with Crippen LogP contribution in [-0.2, 0) is 14.8 Å². The van der Waals surface area contributed by atoms with Gasteiger partial charge in [0.1, 0.15) is 5.25 Å².